The first-order valence-corrected chi connectivity index (χ1v) is 7.43. The minimum Gasteiger partial charge on any atom is -0.367 e. The van der Waals surface area contributed by atoms with E-state index in [0.29, 0.717) is 24.3 Å². The number of nitrogens with zero attached hydrogens (tertiary/aromatic N) is 1. The smallest absolute Gasteiger partial charge is 0.247 e. The number of hydrogen-bond donors (Lipinski definition) is 2. The molecule has 7 nitrogen and oxygen atoms in total. The first kappa shape index (κ1) is 17.1. The summed E-state index contributed by atoms with van der Waals surface area (Å²) in [5.74, 6) is -0.813. The molecule has 1 aliphatic heterocycles. The second-order valence-electron chi connectivity index (χ2n) is 5.72. The molecule has 0 unspecified atom stereocenters. The second-order valence-corrected chi connectivity index (χ2v) is 5.72. The van der Waals surface area contributed by atoms with Crippen molar-refractivity contribution in [2.75, 3.05) is 25.0 Å². The van der Waals surface area contributed by atoms with E-state index in [0.717, 1.165) is 0 Å². The van der Waals surface area contributed by atoms with Crippen LogP contribution in [0.4, 0.5) is 5.69 Å². The van der Waals surface area contributed by atoms with E-state index >= 15 is 0 Å². The molecule has 23 heavy (non-hydrogen) atoms. The van der Waals surface area contributed by atoms with Gasteiger partial charge in [0.05, 0.1) is 12.6 Å². The van der Waals surface area contributed by atoms with E-state index in [-0.39, 0.29) is 24.3 Å². The fourth-order valence-electron chi connectivity index (χ4n) is 2.54. The number of rotatable bonds is 5. The van der Waals surface area contributed by atoms with Crippen molar-refractivity contribution in [2.24, 2.45) is 5.73 Å². The maximum Gasteiger partial charge on any atom is 0.247 e. The number of primary amides is 1. The average Bonchev–Trinajstić information content (AvgIpc) is 2.46. The molecular formula is C16H21N3O4. The molecule has 2 atom stereocenters. The van der Waals surface area contributed by atoms with Crippen molar-refractivity contribution >= 4 is 23.3 Å². The number of carbonyl (C=O) groups is 3. The number of Topliss-reactive ketones (excluding diaryl/α,β-unsaturated/α-hetero) is 1. The molecule has 1 heterocycles. The normalized spacial score (nSPS) is 21.7. The van der Waals surface area contributed by atoms with Gasteiger partial charge in [0.2, 0.25) is 11.8 Å². The summed E-state index contributed by atoms with van der Waals surface area (Å²) < 4.78 is 5.43. The van der Waals surface area contributed by atoms with Crippen LogP contribution in [-0.4, -0.2) is 54.3 Å². The first-order chi connectivity index (χ1) is 10.8. The third-order valence-electron chi connectivity index (χ3n) is 3.57. The average molecular weight is 319 g/mol. The van der Waals surface area contributed by atoms with Gasteiger partial charge in [0, 0.05) is 24.3 Å². The van der Waals surface area contributed by atoms with Gasteiger partial charge in [-0.3, -0.25) is 19.3 Å². The third kappa shape index (κ3) is 4.87. The van der Waals surface area contributed by atoms with Crippen LogP contribution in [0, 0.1) is 0 Å². The summed E-state index contributed by atoms with van der Waals surface area (Å²) in [4.78, 5) is 36.6. The van der Waals surface area contributed by atoms with E-state index in [1.165, 1.54) is 6.92 Å². The molecule has 0 bridgehead atoms. The predicted octanol–water partition coefficient (Wildman–Crippen LogP) is 0.402. The van der Waals surface area contributed by atoms with Gasteiger partial charge in [-0.1, -0.05) is 12.1 Å². The minimum absolute atomic E-state index is 0.0626. The van der Waals surface area contributed by atoms with E-state index in [1.807, 2.05) is 11.8 Å². The minimum atomic E-state index is -0.701. The fraction of sp³-hybridized carbons (Fsp3) is 0.438. The van der Waals surface area contributed by atoms with Gasteiger partial charge in [-0.25, -0.2) is 0 Å². The van der Waals surface area contributed by atoms with Gasteiger partial charge in [0.25, 0.3) is 0 Å². The molecule has 124 valence electrons. The first-order valence-electron chi connectivity index (χ1n) is 7.43. The standard InChI is InChI=1S/C16H21N3O4/c1-10-7-19(8-14(23-10)16(17)22)9-15(21)18-13-5-3-4-12(6-13)11(2)20/h3-6,10,14H,7-9H2,1-2H3,(H2,17,22)(H,18,21)/t10-,14-/m1/s1. The Morgan fingerprint density at radius 3 is 2.74 bits per heavy atom. The van der Waals surface area contributed by atoms with Gasteiger partial charge < -0.3 is 15.8 Å². The monoisotopic (exact) mass is 319 g/mol. The molecule has 2 amide bonds. The van der Waals surface area contributed by atoms with E-state index in [1.54, 1.807) is 24.3 Å². The van der Waals surface area contributed by atoms with Crippen LogP contribution in [0.1, 0.15) is 24.2 Å². The number of amides is 2. The summed E-state index contributed by atoms with van der Waals surface area (Å²) in [6.45, 7) is 4.27. The van der Waals surface area contributed by atoms with Crippen LogP contribution < -0.4 is 11.1 Å². The van der Waals surface area contributed by atoms with Crippen molar-refractivity contribution in [2.45, 2.75) is 26.1 Å². The van der Waals surface area contributed by atoms with Gasteiger partial charge in [-0.05, 0) is 26.0 Å². The molecule has 1 aliphatic rings. The molecular weight excluding hydrogens is 298 g/mol. The van der Waals surface area contributed by atoms with Crippen LogP contribution in [0.3, 0.4) is 0 Å². The summed E-state index contributed by atoms with van der Waals surface area (Å²) in [6, 6.07) is 6.76. The number of morpholine rings is 1. The number of carbonyl (C=O) groups excluding carboxylic acids is 3. The lowest BCUT2D eigenvalue weighted by Crippen LogP contribution is -2.53. The molecule has 0 aromatic heterocycles. The molecule has 0 spiro atoms. The molecule has 1 fully saturated rings. The highest BCUT2D eigenvalue weighted by atomic mass is 16.5. The highest BCUT2D eigenvalue weighted by Gasteiger charge is 2.29. The topological polar surface area (TPSA) is 102 Å². The van der Waals surface area contributed by atoms with Crippen molar-refractivity contribution in [1.82, 2.24) is 4.90 Å². The van der Waals surface area contributed by atoms with E-state index in [9.17, 15) is 14.4 Å². The zero-order chi connectivity index (χ0) is 17.0. The van der Waals surface area contributed by atoms with Gasteiger partial charge in [0.1, 0.15) is 6.10 Å². The molecule has 2 rings (SSSR count). The maximum absolute atomic E-state index is 12.2. The Hall–Kier alpha value is -2.25. The van der Waals surface area contributed by atoms with Crippen LogP contribution in [0.2, 0.25) is 0 Å². The lowest BCUT2D eigenvalue weighted by molar-refractivity contribution is -0.144. The number of nitrogens with one attached hydrogen (secondary N) is 1. The lowest BCUT2D eigenvalue weighted by atomic mass is 10.1. The molecule has 1 aromatic carbocycles. The molecule has 1 saturated heterocycles. The number of benzene rings is 1. The molecule has 7 heteroatoms. The van der Waals surface area contributed by atoms with Crippen molar-refractivity contribution in [3.63, 3.8) is 0 Å². The Morgan fingerprint density at radius 2 is 2.09 bits per heavy atom. The SMILES string of the molecule is CC(=O)c1cccc(NC(=O)CN2C[C@@H](C)O[C@@H](C(N)=O)C2)c1. The molecule has 0 radical (unpaired) electrons. The Bertz CT molecular complexity index is 617. The summed E-state index contributed by atoms with van der Waals surface area (Å²) in [6.07, 6.45) is -0.873. The Labute approximate surface area is 134 Å². The number of ether oxygens (including phenoxy) is 1. The second kappa shape index (κ2) is 7.34. The quantitative estimate of drug-likeness (QED) is 0.765. The van der Waals surface area contributed by atoms with Crippen LogP contribution in [0.15, 0.2) is 24.3 Å². The van der Waals surface area contributed by atoms with Crippen molar-refractivity contribution in [3.05, 3.63) is 29.8 Å². The van der Waals surface area contributed by atoms with E-state index in [4.69, 9.17) is 10.5 Å². The number of nitrogens with two attached hydrogens (primary N) is 1. The number of anilines is 1. The van der Waals surface area contributed by atoms with E-state index in [2.05, 4.69) is 5.32 Å². The molecule has 0 saturated carbocycles. The van der Waals surface area contributed by atoms with Crippen molar-refractivity contribution < 1.29 is 19.1 Å². The van der Waals surface area contributed by atoms with Crippen LogP contribution in [-0.2, 0) is 14.3 Å². The molecule has 0 aliphatic carbocycles. The summed E-state index contributed by atoms with van der Waals surface area (Å²) in [5.41, 5.74) is 6.37. The van der Waals surface area contributed by atoms with E-state index < -0.39 is 12.0 Å². The largest absolute Gasteiger partial charge is 0.367 e. The van der Waals surface area contributed by atoms with Gasteiger partial charge >= 0.3 is 0 Å². The fourth-order valence-corrected chi connectivity index (χ4v) is 2.54. The summed E-state index contributed by atoms with van der Waals surface area (Å²) in [7, 11) is 0. The Kier molecular flexibility index (Phi) is 5.46. The summed E-state index contributed by atoms with van der Waals surface area (Å²) >= 11 is 0. The Morgan fingerprint density at radius 1 is 1.35 bits per heavy atom. The van der Waals surface area contributed by atoms with Crippen LogP contribution in [0.5, 0.6) is 0 Å². The predicted molar refractivity (Wildman–Crippen MR) is 85.0 cm³/mol. The van der Waals surface area contributed by atoms with Crippen LogP contribution >= 0.6 is 0 Å². The maximum atomic E-state index is 12.2. The number of hydrogen-bond acceptors (Lipinski definition) is 5. The lowest BCUT2D eigenvalue weighted by Gasteiger charge is -2.34. The molecule has 3 N–H and O–H groups in total. The third-order valence-corrected chi connectivity index (χ3v) is 3.57. The van der Waals surface area contributed by atoms with Crippen molar-refractivity contribution in [3.8, 4) is 0 Å². The van der Waals surface area contributed by atoms with Crippen molar-refractivity contribution in [1.29, 1.82) is 0 Å². The molecule has 1 aromatic rings. The Balaban J connectivity index is 1.95. The number of ketones is 1. The highest BCUT2D eigenvalue weighted by Crippen LogP contribution is 2.13. The highest BCUT2D eigenvalue weighted by molar-refractivity contribution is 5.97. The van der Waals surface area contributed by atoms with Gasteiger partial charge in [-0.15, -0.1) is 0 Å². The summed E-state index contributed by atoms with van der Waals surface area (Å²) in [5, 5.41) is 2.75. The zero-order valence-electron chi connectivity index (χ0n) is 13.2. The van der Waals surface area contributed by atoms with Gasteiger partial charge in [-0.2, -0.15) is 0 Å². The van der Waals surface area contributed by atoms with Gasteiger partial charge in [0.15, 0.2) is 5.78 Å². The van der Waals surface area contributed by atoms with Crippen LogP contribution in [0.25, 0.3) is 0 Å². The zero-order valence-corrected chi connectivity index (χ0v) is 13.2.